The molecule has 0 aromatic carbocycles. The van der Waals surface area contributed by atoms with E-state index in [-0.39, 0.29) is 0 Å². The highest BCUT2D eigenvalue weighted by molar-refractivity contribution is 4.49. The Morgan fingerprint density at radius 3 is 2.62 bits per heavy atom. The van der Waals surface area contributed by atoms with Gasteiger partial charge in [0.05, 0.1) is 6.61 Å². The van der Waals surface area contributed by atoms with Crippen molar-refractivity contribution >= 4 is 0 Å². The van der Waals surface area contributed by atoms with E-state index in [1.165, 1.54) is 0 Å². The highest BCUT2D eigenvalue weighted by Gasteiger charge is 1.97. The van der Waals surface area contributed by atoms with Gasteiger partial charge in [-0.25, -0.2) is 5.90 Å². The molecule has 0 fully saturated rings. The highest BCUT2D eigenvalue weighted by Crippen LogP contribution is 1.97. The largest absolute Gasteiger partial charge is 0.330 e. The van der Waals surface area contributed by atoms with Crippen LogP contribution in [0.15, 0.2) is 0 Å². The molecular formula is C5H14N2O. The monoisotopic (exact) mass is 118 g/mol. The first kappa shape index (κ1) is 7.88. The predicted octanol–water partition coefficient (Wildman–Crippen LogP) is -0.138. The molecule has 0 amide bonds. The average molecular weight is 118 g/mol. The summed E-state index contributed by atoms with van der Waals surface area (Å²) in [7, 11) is 0. The highest BCUT2D eigenvalue weighted by atomic mass is 16.6. The molecule has 0 radical (unpaired) electrons. The van der Waals surface area contributed by atoms with Crippen molar-refractivity contribution in [1.29, 1.82) is 0 Å². The Morgan fingerprint density at radius 1 is 1.62 bits per heavy atom. The van der Waals surface area contributed by atoms with Gasteiger partial charge in [0.1, 0.15) is 0 Å². The van der Waals surface area contributed by atoms with E-state index in [0.717, 1.165) is 6.42 Å². The van der Waals surface area contributed by atoms with E-state index in [1.807, 2.05) is 0 Å². The number of hydrogen-bond acceptors (Lipinski definition) is 3. The minimum absolute atomic E-state index is 0.491. The van der Waals surface area contributed by atoms with E-state index in [1.54, 1.807) is 0 Å². The van der Waals surface area contributed by atoms with Crippen LogP contribution in [0.4, 0.5) is 0 Å². The van der Waals surface area contributed by atoms with E-state index in [0.29, 0.717) is 19.1 Å². The summed E-state index contributed by atoms with van der Waals surface area (Å²) in [5.74, 6) is 5.31. The van der Waals surface area contributed by atoms with Gasteiger partial charge >= 0.3 is 0 Å². The minimum Gasteiger partial charge on any atom is -0.330 e. The van der Waals surface area contributed by atoms with Crippen LogP contribution in [0.25, 0.3) is 0 Å². The lowest BCUT2D eigenvalue weighted by Gasteiger charge is -2.05. The predicted molar refractivity (Wildman–Crippen MR) is 33.0 cm³/mol. The molecule has 4 N–H and O–H groups in total. The zero-order chi connectivity index (χ0) is 6.41. The Balaban J connectivity index is 2.92. The maximum atomic E-state index is 5.26. The summed E-state index contributed by atoms with van der Waals surface area (Å²) in [5, 5.41) is 0. The molecule has 1 unspecified atom stereocenters. The van der Waals surface area contributed by atoms with Crippen LogP contribution in [0.2, 0.25) is 0 Å². The molecule has 0 aliphatic heterocycles. The van der Waals surface area contributed by atoms with Gasteiger partial charge in [-0.1, -0.05) is 6.92 Å². The van der Waals surface area contributed by atoms with Crippen LogP contribution >= 0.6 is 0 Å². The van der Waals surface area contributed by atoms with Crippen LogP contribution in [-0.4, -0.2) is 13.2 Å². The van der Waals surface area contributed by atoms with Gasteiger partial charge in [-0.15, -0.1) is 0 Å². The molecular weight excluding hydrogens is 104 g/mol. The topological polar surface area (TPSA) is 61.3 Å². The molecule has 0 spiro atoms. The number of nitrogens with two attached hydrogens (primary N) is 2. The van der Waals surface area contributed by atoms with E-state index >= 15 is 0 Å². The Hall–Kier alpha value is -0.120. The van der Waals surface area contributed by atoms with E-state index in [9.17, 15) is 0 Å². The summed E-state index contributed by atoms with van der Waals surface area (Å²) < 4.78 is 0. The van der Waals surface area contributed by atoms with Gasteiger partial charge in [0, 0.05) is 0 Å². The molecule has 0 saturated carbocycles. The van der Waals surface area contributed by atoms with Gasteiger partial charge in [0.25, 0.3) is 0 Å². The van der Waals surface area contributed by atoms with Gasteiger partial charge in [-0.05, 0) is 18.9 Å². The van der Waals surface area contributed by atoms with Crippen molar-refractivity contribution in [3.63, 3.8) is 0 Å². The van der Waals surface area contributed by atoms with Crippen molar-refractivity contribution in [3.8, 4) is 0 Å². The molecule has 0 aromatic heterocycles. The van der Waals surface area contributed by atoms with E-state index < -0.39 is 0 Å². The molecule has 3 heteroatoms. The van der Waals surface area contributed by atoms with Crippen molar-refractivity contribution in [1.82, 2.24) is 0 Å². The van der Waals surface area contributed by atoms with Crippen molar-refractivity contribution < 1.29 is 4.84 Å². The molecule has 0 aliphatic rings. The van der Waals surface area contributed by atoms with Crippen LogP contribution in [-0.2, 0) is 4.84 Å². The molecule has 0 aliphatic carbocycles. The van der Waals surface area contributed by atoms with Crippen LogP contribution in [0.5, 0.6) is 0 Å². The fourth-order valence-electron chi connectivity index (χ4n) is 0.532. The SMILES string of the molecule is CC(CCN)CON. The van der Waals surface area contributed by atoms with Gasteiger partial charge in [-0.3, -0.25) is 0 Å². The molecule has 0 aromatic rings. The summed E-state index contributed by atoms with van der Waals surface area (Å²) >= 11 is 0. The first-order valence-electron chi connectivity index (χ1n) is 2.83. The van der Waals surface area contributed by atoms with Crippen LogP contribution in [0.3, 0.4) is 0 Å². The maximum Gasteiger partial charge on any atom is 0.0705 e. The summed E-state index contributed by atoms with van der Waals surface area (Å²) in [6, 6.07) is 0. The van der Waals surface area contributed by atoms with Crippen molar-refractivity contribution in [2.45, 2.75) is 13.3 Å². The zero-order valence-electron chi connectivity index (χ0n) is 5.26. The fourth-order valence-corrected chi connectivity index (χ4v) is 0.532. The minimum atomic E-state index is 0.491. The van der Waals surface area contributed by atoms with Gasteiger partial charge in [-0.2, -0.15) is 0 Å². The molecule has 8 heavy (non-hydrogen) atoms. The normalized spacial score (nSPS) is 13.9. The molecule has 0 rings (SSSR count). The Bertz CT molecular complexity index is 43.7. The molecule has 0 saturated heterocycles. The third-order valence-corrected chi connectivity index (χ3v) is 1.04. The summed E-state index contributed by atoms with van der Waals surface area (Å²) in [6.07, 6.45) is 0.983. The molecule has 1 atom stereocenters. The fraction of sp³-hybridized carbons (Fsp3) is 1.00. The van der Waals surface area contributed by atoms with Gasteiger partial charge in [0.2, 0.25) is 0 Å². The number of rotatable bonds is 4. The van der Waals surface area contributed by atoms with Crippen molar-refractivity contribution in [3.05, 3.63) is 0 Å². The summed E-state index contributed by atoms with van der Waals surface area (Å²) in [5.41, 5.74) is 5.26. The van der Waals surface area contributed by atoms with Crippen molar-refractivity contribution in [2.75, 3.05) is 13.2 Å². The van der Waals surface area contributed by atoms with E-state index in [4.69, 9.17) is 11.6 Å². The maximum absolute atomic E-state index is 5.26. The molecule has 3 nitrogen and oxygen atoms in total. The van der Waals surface area contributed by atoms with Crippen LogP contribution < -0.4 is 11.6 Å². The van der Waals surface area contributed by atoms with Gasteiger partial charge in [0.15, 0.2) is 0 Å². The molecule has 0 bridgehead atoms. The lowest BCUT2D eigenvalue weighted by molar-refractivity contribution is 0.105. The third kappa shape index (κ3) is 4.05. The smallest absolute Gasteiger partial charge is 0.0705 e. The second-order valence-corrected chi connectivity index (χ2v) is 2.02. The lowest BCUT2D eigenvalue weighted by atomic mass is 10.1. The Kier molecular flexibility index (Phi) is 4.95. The Labute approximate surface area is 49.9 Å². The lowest BCUT2D eigenvalue weighted by Crippen LogP contribution is -2.13. The third-order valence-electron chi connectivity index (χ3n) is 1.04. The zero-order valence-corrected chi connectivity index (χ0v) is 5.26. The summed E-state index contributed by atoms with van der Waals surface area (Å²) in [6.45, 7) is 3.38. The summed E-state index contributed by atoms with van der Waals surface area (Å²) in [4.78, 5) is 4.40. The second kappa shape index (κ2) is 5.03. The first-order valence-corrected chi connectivity index (χ1v) is 2.83. The molecule has 0 heterocycles. The van der Waals surface area contributed by atoms with Crippen LogP contribution in [0.1, 0.15) is 13.3 Å². The van der Waals surface area contributed by atoms with Gasteiger partial charge < -0.3 is 10.6 Å². The Morgan fingerprint density at radius 2 is 2.25 bits per heavy atom. The first-order chi connectivity index (χ1) is 3.81. The van der Waals surface area contributed by atoms with Crippen LogP contribution in [0, 0.1) is 5.92 Å². The average Bonchev–Trinajstić information content (AvgIpc) is 1.68. The molecule has 50 valence electrons. The quantitative estimate of drug-likeness (QED) is 0.505. The number of hydrogen-bond donors (Lipinski definition) is 2. The second-order valence-electron chi connectivity index (χ2n) is 2.02. The standard InChI is InChI=1S/C5H14N2O/c1-5(2-3-6)4-8-7/h5H,2-4,6-7H2,1H3. The van der Waals surface area contributed by atoms with Crippen molar-refractivity contribution in [2.24, 2.45) is 17.5 Å². The van der Waals surface area contributed by atoms with E-state index in [2.05, 4.69) is 11.8 Å².